The molecule has 2 unspecified atom stereocenters. The van der Waals surface area contributed by atoms with Gasteiger partial charge < -0.3 is 30.3 Å². The summed E-state index contributed by atoms with van der Waals surface area (Å²) >= 11 is 0. The molecule has 2 atom stereocenters. The summed E-state index contributed by atoms with van der Waals surface area (Å²) in [6, 6.07) is -2.15. The smallest absolute Gasteiger partial charge is 0.429 e. The molecule has 12 heteroatoms. The van der Waals surface area contributed by atoms with E-state index in [0.717, 1.165) is 0 Å². The molecule has 12 nitrogen and oxygen atoms in total. The molecule has 22 heavy (non-hydrogen) atoms. The summed E-state index contributed by atoms with van der Waals surface area (Å²) in [5, 5.41) is 39.0. The maximum atomic E-state index is 11.7. The molecular formula is C10H12N6O6+2. The normalized spacial score (nSPS) is 21.9. The zero-order chi connectivity index (χ0) is 16.5. The topological polar surface area (TPSA) is 173 Å². The van der Waals surface area contributed by atoms with E-state index in [1.54, 1.807) is 0 Å². The van der Waals surface area contributed by atoms with Crippen LogP contribution < -0.4 is 10.6 Å². The third-order valence-corrected chi connectivity index (χ3v) is 2.40. The number of rotatable bonds is 6. The van der Waals surface area contributed by atoms with Crippen molar-refractivity contribution in [2.24, 2.45) is 0 Å². The molecule has 0 saturated carbocycles. The van der Waals surface area contributed by atoms with Crippen molar-refractivity contribution in [1.82, 2.24) is 10.6 Å². The lowest BCUT2D eigenvalue weighted by Gasteiger charge is -2.28. The minimum atomic E-state index is -1.07. The third kappa shape index (κ3) is 4.86. The van der Waals surface area contributed by atoms with Gasteiger partial charge in [-0.1, -0.05) is 0 Å². The second kappa shape index (κ2) is 7.91. The number of diazo groups is 2. The lowest BCUT2D eigenvalue weighted by atomic mass is 10.1. The van der Waals surface area contributed by atoms with Crippen LogP contribution in [0.3, 0.4) is 0 Å². The van der Waals surface area contributed by atoms with Crippen molar-refractivity contribution in [3.8, 4) is 0 Å². The molecule has 0 spiro atoms. The number of aliphatic hydroxyl groups excluding tert-OH is 2. The van der Waals surface area contributed by atoms with Crippen LogP contribution in [0.25, 0.3) is 9.95 Å². The molecule has 1 heterocycles. The van der Waals surface area contributed by atoms with Gasteiger partial charge in [0.2, 0.25) is 22.6 Å². The largest absolute Gasteiger partial charge is 0.476 e. The zero-order valence-electron chi connectivity index (χ0n) is 11.0. The van der Waals surface area contributed by atoms with Gasteiger partial charge in [-0.05, 0) is 0 Å². The first-order valence-corrected chi connectivity index (χ1v) is 5.81. The minimum Gasteiger partial charge on any atom is -0.476 e. The summed E-state index contributed by atoms with van der Waals surface area (Å²) in [7, 11) is 0. The number of hydrogen-bond donors (Lipinski definition) is 4. The highest BCUT2D eigenvalue weighted by atomic mass is 16.6. The predicted molar refractivity (Wildman–Crippen MR) is 67.4 cm³/mol. The van der Waals surface area contributed by atoms with Crippen LogP contribution in [0.5, 0.6) is 0 Å². The van der Waals surface area contributed by atoms with Crippen LogP contribution in [-0.2, 0) is 19.1 Å². The van der Waals surface area contributed by atoms with Crippen LogP contribution in [0.2, 0.25) is 0 Å². The van der Waals surface area contributed by atoms with E-state index < -0.39 is 49.0 Å². The molecule has 116 valence electrons. The Morgan fingerprint density at radius 3 is 1.68 bits per heavy atom. The molecule has 0 radical (unpaired) electrons. The summed E-state index contributed by atoms with van der Waals surface area (Å²) in [6.07, 6.45) is 1.20. The molecule has 1 fully saturated rings. The Morgan fingerprint density at radius 2 is 1.36 bits per heavy atom. The first-order valence-electron chi connectivity index (χ1n) is 5.81. The van der Waals surface area contributed by atoms with Gasteiger partial charge >= 0.3 is 24.3 Å². The SMILES string of the molecule is N#[N+]/C=C(/O)OCC1NC(=O)C(CO/C(O)=C/[N+]#N)NC1=O. The molecule has 1 aliphatic heterocycles. The number of piperazine rings is 1. The lowest BCUT2D eigenvalue weighted by Crippen LogP contribution is -2.64. The van der Waals surface area contributed by atoms with Crippen LogP contribution in [0.15, 0.2) is 24.3 Å². The number of carbonyl (C=O) groups is 2. The summed E-state index contributed by atoms with van der Waals surface area (Å²) in [6.45, 7) is -0.783. The van der Waals surface area contributed by atoms with Crippen LogP contribution in [-0.4, -0.2) is 47.3 Å². The number of ether oxygens (including phenoxy) is 2. The second-order valence-electron chi connectivity index (χ2n) is 3.91. The van der Waals surface area contributed by atoms with Crippen molar-refractivity contribution >= 4 is 11.8 Å². The fourth-order valence-corrected chi connectivity index (χ4v) is 1.42. The van der Waals surface area contributed by atoms with Crippen molar-refractivity contribution in [3.05, 3.63) is 34.2 Å². The van der Waals surface area contributed by atoms with E-state index in [-0.39, 0.29) is 0 Å². The van der Waals surface area contributed by atoms with Crippen molar-refractivity contribution < 1.29 is 29.3 Å². The monoisotopic (exact) mass is 312 g/mol. The molecule has 0 aliphatic carbocycles. The molecule has 0 aromatic heterocycles. The molecule has 0 aromatic carbocycles. The molecule has 2 amide bonds. The average Bonchev–Trinajstić information content (AvgIpc) is 2.47. The van der Waals surface area contributed by atoms with Crippen LogP contribution in [0.4, 0.5) is 0 Å². The summed E-state index contributed by atoms with van der Waals surface area (Å²) in [4.78, 5) is 28.5. The van der Waals surface area contributed by atoms with Gasteiger partial charge in [0.05, 0.1) is 0 Å². The number of nitrogens with zero attached hydrogens (tertiary/aromatic N) is 4. The quantitative estimate of drug-likeness (QED) is 0.372. The van der Waals surface area contributed by atoms with E-state index in [1.807, 2.05) is 0 Å². The van der Waals surface area contributed by atoms with Crippen molar-refractivity contribution in [1.29, 1.82) is 10.8 Å². The van der Waals surface area contributed by atoms with Gasteiger partial charge in [0.1, 0.15) is 25.3 Å². The Bertz CT molecular complexity index is 536. The van der Waals surface area contributed by atoms with Gasteiger partial charge in [0, 0.05) is 0 Å². The Balaban J connectivity index is 2.51. The summed E-state index contributed by atoms with van der Waals surface area (Å²) in [5.41, 5.74) is 0. The number of hydrogen-bond acceptors (Lipinski definition) is 8. The van der Waals surface area contributed by atoms with Gasteiger partial charge in [-0.15, -0.1) is 0 Å². The highest BCUT2D eigenvalue weighted by Gasteiger charge is 2.35. The molecule has 0 aromatic rings. The molecule has 1 aliphatic rings. The van der Waals surface area contributed by atoms with Crippen LogP contribution in [0.1, 0.15) is 0 Å². The fraction of sp³-hybridized carbons (Fsp3) is 0.400. The predicted octanol–water partition coefficient (Wildman–Crippen LogP) is -0.577. The maximum Gasteiger partial charge on any atom is 0.429 e. The van der Waals surface area contributed by atoms with E-state index in [0.29, 0.717) is 12.4 Å². The van der Waals surface area contributed by atoms with Gasteiger partial charge in [-0.2, -0.15) is 0 Å². The Labute approximate surface area is 123 Å². The summed E-state index contributed by atoms with van der Waals surface area (Å²) < 4.78 is 9.35. The van der Waals surface area contributed by atoms with Gasteiger partial charge in [0.25, 0.3) is 0 Å². The second-order valence-corrected chi connectivity index (χ2v) is 3.91. The first-order chi connectivity index (χ1) is 10.5. The van der Waals surface area contributed by atoms with E-state index in [1.165, 1.54) is 0 Å². The Morgan fingerprint density at radius 1 is 1.00 bits per heavy atom. The third-order valence-electron chi connectivity index (χ3n) is 2.40. The molecule has 1 saturated heterocycles. The minimum absolute atomic E-state index is 0.391. The molecule has 4 N–H and O–H groups in total. The zero-order valence-corrected chi connectivity index (χ0v) is 11.0. The molecular weight excluding hydrogens is 300 g/mol. The highest BCUT2D eigenvalue weighted by molar-refractivity contribution is 5.97. The first kappa shape index (κ1) is 16.5. The number of amides is 2. The van der Waals surface area contributed by atoms with E-state index in [2.05, 4.69) is 30.1 Å². The van der Waals surface area contributed by atoms with E-state index in [4.69, 9.17) is 21.0 Å². The van der Waals surface area contributed by atoms with Gasteiger partial charge in [-0.3, -0.25) is 9.59 Å². The highest BCUT2D eigenvalue weighted by Crippen LogP contribution is 2.03. The van der Waals surface area contributed by atoms with Crippen LogP contribution in [0, 0.1) is 10.8 Å². The number of carbonyl (C=O) groups excluding carboxylic acids is 2. The Hall–Kier alpha value is -3.54. The average molecular weight is 312 g/mol. The molecule has 1 rings (SSSR count). The lowest BCUT2D eigenvalue weighted by molar-refractivity contribution is -0.139. The standard InChI is InChI=1S/C10H10N6O6/c11-13-1-7(17)21-3-5-9(19)16-6(10(20)15-5)4-22-8(18)2-14-12/h1-2,5-6H,3-4H2,(H2-2,15,16,17,18,19,20)/p+2/b7-1-,8-2+. The number of nitrogens with one attached hydrogen (secondary N) is 2. The van der Waals surface area contributed by atoms with Crippen molar-refractivity contribution in [2.45, 2.75) is 12.1 Å². The molecule has 0 bridgehead atoms. The summed E-state index contributed by atoms with van der Waals surface area (Å²) in [5.74, 6) is -2.70. The van der Waals surface area contributed by atoms with Crippen LogP contribution >= 0.6 is 0 Å². The fourth-order valence-electron chi connectivity index (χ4n) is 1.42. The van der Waals surface area contributed by atoms with E-state index >= 15 is 0 Å². The van der Waals surface area contributed by atoms with E-state index in [9.17, 15) is 9.59 Å². The van der Waals surface area contributed by atoms with Gasteiger partial charge in [-0.25, -0.2) is 0 Å². The maximum absolute atomic E-state index is 11.7. The van der Waals surface area contributed by atoms with Crippen molar-refractivity contribution in [2.75, 3.05) is 13.2 Å². The van der Waals surface area contributed by atoms with Gasteiger partial charge in [0.15, 0.2) is 9.95 Å². The van der Waals surface area contributed by atoms with Crippen molar-refractivity contribution in [3.63, 3.8) is 0 Å². The number of aliphatic hydroxyl groups is 2. The Kier molecular flexibility index (Phi) is 5.94.